The number of carboxylic acid groups (broad SMARTS) is 1. The number of ether oxygens (including phenoxy) is 1. The summed E-state index contributed by atoms with van der Waals surface area (Å²) in [6, 6.07) is 6.53. The van der Waals surface area contributed by atoms with Crippen molar-refractivity contribution in [3.05, 3.63) is 64.2 Å². The Kier molecular flexibility index (Phi) is 3.75. The Labute approximate surface area is 138 Å². The molecular formula is C17H9F3O5. The minimum absolute atomic E-state index is 0.0208. The van der Waals surface area contributed by atoms with Crippen LogP contribution in [0.1, 0.15) is 32.6 Å². The Morgan fingerprint density at radius 2 is 1.72 bits per heavy atom. The van der Waals surface area contributed by atoms with Crippen LogP contribution in [0.3, 0.4) is 0 Å². The average Bonchev–Trinajstić information content (AvgIpc) is 2.53. The van der Waals surface area contributed by atoms with Crippen LogP contribution in [0.25, 0.3) is 11.8 Å². The fraction of sp³-hybridized carbons (Fsp3) is 0.0588. The first-order valence-electron chi connectivity index (χ1n) is 6.89. The number of hydrogen-bond donors (Lipinski definition) is 2. The van der Waals surface area contributed by atoms with Crippen LogP contribution < -0.4 is 0 Å². The maximum absolute atomic E-state index is 13.1. The molecule has 3 rings (SSSR count). The lowest BCUT2D eigenvalue weighted by molar-refractivity contribution is -0.137. The lowest BCUT2D eigenvalue weighted by Gasteiger charge is -2.20. The quantitative estimate of drug-likeness (QED) is 0.642. The van der Waals surface area contributed by atoms with Gasteiger partial charge in [0.05, 0.1) is 11.1 Å². The number of aromatic hydroxyl groups is 1. The molecule has 5 nitrogen and oxygen atoms in total. The first-order valence-corrected chi connectivity index (χ1v) is 6.89. The number of phenolic OH excluding ortho intramolecular Hbond substituents is 1. The highest BCUT2D eigenvalue weighted by Gasteiger charge is 2.36. The monoisotopic (exact) mass is 350 g/mol. The van der Waals surface area contributed by atoms with E-state index in [1.807, 2.05) is 0 Å². The zero-order valence-electron chi connectivity index (χ0n) is 12.3. The van der Waals surface area contributed by atoms with Crippen LogP contribution in [0.5, 0.6) is 5.75 Å². The molecule has 0 saturated heterocycles. The number of alkyl halides is 3. The van der Waals surface area contributed by atoms with Crippen molar-refractivity contribution < 1.29 is 37.7 Å². The number of fused-ring (bicyclic) bond motifs is 1. The van der Waals surface area contributed by atoms with Gasteiger partial charge in [0.2, 0.25) is 0 Å². The van der Waals surface area contributed by atoms with E-state index >= 15 is 0 Å². The summed E-state index contributed by atoms with van der Waals surface area (Å²) < 4.78 is 43.6. The van der Waals surface area contributed by atoms with Crippen molar-refractivity contribution in [3.63, 3.8) is 0 Å². The third-order valence-electron chi connectivity index (χ3n) is 3.64. The maximum Gasteiger partial charge on any atom is 0.511 e. The molecule has 25 heavy (non-hydrogen) atoms. The number of benzene rings is 2. The van der Waals surface area contributed by atoms with Crippen LogP contribution >= 0.6 is 0 Å². The summed E-state index contributed by atoms with van der Waals surface area (Å²) in [5.41, 5.74) is -1.38. The van der Waals surface area contributed by atoms with Crippen LogP contribution in [-0.4, -0.2) is 22.2 Å². The molecule has 0 fully saturated rings. The molecule has 0 aromatic heterocycles. The van der Waals surface area contributed by atoms with E-state index in [9.17, 15) is 27.9 Å². The van der Waals surface area contributed by atoms with E-state index in [1.54, 1.807) is 0 Å². The highest BCUT2D eigenvalue weighted by atomic mass is 19.4. The molecule has 0 radical (unpaired) electrons. The molecule has 1 aliphatic rings. The van der Waals surface area contributed by atoms with Gasteiger partial charge < -0.3 is 14.9 Å². The minimum Gasteiger partial charge on any atom is -0.507 e. The highest BCUT2D eigenvalue weighted by Crippen LogP contribution is 2.39. The Bertz CT molecular complexity index is 928. The molecule has 0 heterocycles. The summed E-state index contributed by atoms with van der Waals surface area (Å²) in [6.45, 7) is 0. The summed E-state index contributed by atoms with van der Waals surface area (Å²) in [4.78, 5) is 23.0. The number of hydrogen-bond acceptors (Lipinski definition) is 4. The number of ketones is 1. The van der Waals surface area contributed by atoms with E-state index in [2.05, 4.69) is 4.74 Å². The van der Waals surface area contributed by atoms with Gasteiger partial charge in [-0.15, -0.1) is 0 Å². The van der Waals surface area contributed by atoms with Gasteiger partial charge in [0.15, 0.2) is 5.78 Å². The van der Waals surface area contributed by atoms with E-state index in [1.165, 1.54) is 18.2 Å². The molecule has 2 aromatic rings. The van der Waals surface area contributed by atoms with E-state index in [0.717, 1.165) is 24.3 Å². The lowest BCUT2D eigenvalue weighted by Crippen LogP contribution is -2.15. The van der Waals surface area contributed by atoms with Crippen molar-refractivity contribution >= 4 is 23.8 Å². The molecule has 1 aliphatic carbocycles. The number of rotatable bonds is 3. The van der Waals surface area contributed by atoms with Crippen LogP contribution in [0.2, 0.25) is 0 Å². The molecule has 0 bridgehead atoms. The van der Waals surface area contributed by atoms with Gasteiger partial charge in [0.1, 0.15) is 11.5 Å². The zero-order chi connectivity index (χ0) is 18.4. The van der Waals surface area contributed by atoms with Gasteiger partial charge in [-0.25, -0.2) is 4.79 Å². The zero-order valence-corrected chi connectivity index (χ0v) is 12.3. The van der Waals surface area contributed by atoms with Gasteiger partial charge in [0, 0.05) is 11.1 Å². The summed E-state index contributed by atoms with van der Waals surface area (Å²) >= 11 is 0. The summed E-state index contributed by atoms with van der Waals surface area (Å²) in [6.07, 6.45) is -4.96. The second-order valence-corrected chi connectivity index (χ2v) is 5.21. The Morgan fingerprint density at radius 1 is 1.04 bits per heavy atom. The number of carbonyl (C=O) groups is 2. The maximum atomic E-state index is 13.1. The molecule has 0 atom stereocenters. The normalized spacial score (nSPS) is 12.7. The van der Waals surface area contributed by atoms with Gasteiger partial charge in [-0.2, -0.15) is 13.2 Å². The predicted molar refractivity (Wildman–Crippen MR) is 80.0 cm³/mol. The van der Waals surface area contributed by atoms with Gasteiger partial charge in [-0.3, -0.25) is 4.79 Å². The Hall–Kier alpha value is -3.29. The number of carbonyl (C=O) groups excluding carboxylic acids is 1. The van der Waals surface area contributed by atoms with Gasteiger partial charge >= 0.3 is 12.3 Å². The molecule has 0 aliphatic heterocycles. The van der Waals surface area contributed by atoms with Crippen LogP contribution in [0, 0.1) is 0 Å². The van der Waals surface area contributed by atoms with Crippen molar-refractivity contribution in [2.24, 2.45) is 0 Å². The summed E-state index contributed by atoms with van der Waals surface area (Å²) in [5, 5.41) is 18.6. The summed E-state index contributed by atoms with van der Waals surface area (Å²) in [5.74, 6) is -1.58. The van der Waals surface area contributed by atoms with Crippen LogP contribution in [-0.2, 0) is 10.9 Å². The Balaban J connectivity index is 2.00. The second-order valence-electron chi connectivity index (χ2n) is 5.21. The molecule has 0 saturated carbocycles. The highest BCUT2D eigenvalue weighted by molar-refractivity contribution is 6.13. The molecule has 2 N–H and O–H groups in total. The average molecular weight is 350 g/mol. The molecule has 0 amide bonds. The van der Waals surface area contributed by atoms with Crippen molar-refractivity contribution in [3.8, 4) is 5.75 Å². The van der Waals surface area contributed by atoms with Crippen molar-refractivity contribution in [2.45, 2.75) is 6.18 Å². The first-order chi connectivity index (χ1) is 11.7. The van der Waals surface area contributed by atoms with Gasteiger partial charge in [-0.05, 0) is 29.8 Å². The lowest BCUT2D eigenvalue weighted by atomic mass is 9.89. The molecular weight excluding hydrogens is 341 g/mol. The van der Waals surface area contributed by atoms with E-state index in [0.29, 0.717) is 5.56 Å². The molecule has 8 heteroatoms. The van der Waals surface area contributed by atoms with E-state index < -0.39 is 35.0 Å². The molecule has 0 unspecified atom stereocenters. The minimum atomic E-state index is -4.72. The largest absolute Gasteiger partial charge is 0.511 e. The first kappa shape index (κ1) is 16.6. The molecule has 128 valence electrons. The second kappa shape index (κ2) is 5.66. The Morgan fingerprint density at radius 3 is 2.36 bits per heavy atom. The fourth-order valence-electron chi connectivity index (χ4n) is 2.51. The third-order valence-corrected chi connectivity index (χ3v) is 3.64. The standard InChI is InChI=1S/C17H9F3O5/c18-17(19,20)12-4-2-1-3-9(12)15(22)11-5-8-6-14(25-16(23)24)10(8)7-13(11)21/h1-7,21H,(H,23,24). The van der Waals surface area contributed by atoms with Crippen LogP contribution in [0.4, 0.5) is 18.0 Å². The number of phenols is 1. The summed E-state index contributed by atoms with van der Waals surface area (Å²) in [7, 11) is 0. The van der Waals surface area contributed by atoms with Crippen molar-refractivity contribution in [2.75, 3.05) is 0 Å². The SMILES string of the molecule is O=C(O)OC1=Cc2cc(C(=O)c3ccccc3C(F)(F)F)c(O)cc21. The van der Waals surface area contributed by atoms with Crippen molar-refractivity contribution in [1.29, 1.82) is 0 Å². The van der Waals surface area contributed by atoms with Gasteiger partial charge in [-0.1, -0.05) is 18.2 Å². The van der Waals surface area contributed by atoms with Crippen molar-refractivity contribution in [1.82, 2.24) is 0 Å². The smallest absolute Gasteiger partial charge is 0.507 e. The van der Waals surface area contributed by atoms with E-state index in [-0.39, 0.29) is 16.9 Å². The van der Waals surface area contributed by atoms with E-state index in [4.69, 9.17) is 5.11 Å². The fourth-order valence-corrected chi connectivity index (χ4v) is 2.51. The van der Waals surface area contributed by atoms with Crippen LogP contribution in [0.15, 0.2) is 36.4 Å². The number of halogens is 3. The molecule has 0 spiro atoms. The van der Waals surface area contributed by atoms with Gasteiger partial charge in [0.25, 0.3) is 0 Å². The predicted octanol–water partition coefficient (Wildman–Crippen LogP) is 4.15. The third kappa shape index (κ3) is 2.93. The topological polar surface area (TPSA) is 83.8 Å². The molecule has 2 aromatic carbocycles.